The number of hydrogen-bond donors (Lipinski definition) is 1. The van der Waals surface area contributed by atoms with Crippen LogP contribution >= 0.6 is 0 Å². The summed E-state index contributed by atoms with van der Waals surface area (Å²) < 4.78 is 5.59. The molecule has 1 N–H and O–H groups in total. The molecule has 100 valence electrons. The smallest absolute Gasteiger partial charge is 0.195 e. The lowest BCUT2D eigenvalue weighted by Crippen LogP contribution is -2.35. The van der Waals surface area contributed by atoms with Gasteiger partial charge < -0.3 is 9.73 Å². The highest BCUT2D eigenvalue weighted by Crippen LogP contribution is 2.14. The maximum absolute atomic E-state index is 5.59. The van der Waals surface area contributed by atoms with Crippen LogP contribution in [0.4, 0.5) is 0 Å². The number of rotatable bonds is 4. The van der Waals surface area contributed by atoms with Gasteiger partial charge in [-0.3, -0.25) is 0 Å². The molecule has 0 bridgehead atoms. The molecule has 3 heteroatoms. The van der Waals surface area contributed by atoms with Crippen LogP contribution in [-0.2, 0) is 12.8 Å². The number of nitrogens with one attached hydrogen (secondary N) is 1. The summed E-state index contributed by atoms with van der Waals surface area (Å²) >= 11 is 0. The fourth-order valence-electron chi connectivity index (χ4n) is 2.64. The highest BCUT2D eigenvalue weighted by atomic mass is 16.3. The van der Waals surface area contributed by atoms with Crippen molar-refractivity contribution in [3.8, 4) is 0 Å². The van der Waals surface area contributed by atoms with Gasteiger partial charge in [0.05, 0.1) is 5.69 Å². The summed E-state index contributed by atoms with van der Waals surface area (Å²) in [6, 6.07) is 10.9. The van der Waals surface area contributed by atoms with E-state index in [9.17, 15) is 0 Å². The minimum Gasteiger partial charge on any atom is -0.449 e. The van der Waals surface area contributed by atoms with Crippen LogP contribution in [-0.4, -0.2) is 17.6 Å². The maximum atomic E-state index is 5.59. The summed E-state index contributed by atoms with van der Waals surface area (Å²) in [4.78, 5) is 4.59. The molecule has 0 radical (unpaired) electrons. The molecule has 3 rings (SSSR count). The van der Waals surface area contributed by atoms with E-state index in [4.69, 9.17) is 4.42 Å². The summed E-state index contributed by atoms with van der Waals surface area (Å²) in [6.45, 7) is 1.13. The summed E-state index contributed by atoms with van der Waals surface area (Å²) in [5.41, 5.74) is 2.30. The van der Waals surface area contributed by atoms with Crippen molar-refractivity contribution in [3.63, 3.8) is 0 Å². The number of oxazole rings is 1. The largest absolute Gasteiger partial charge is 0.449 e. The third-order valence-electron chi connectivity index (χ3n) is 3.66. The van der Waals surface area contributed by atoms with Crippen LogP contribution in [0.3, 0.4) is 0 Å². The van der Waals surface area contributed by atoms with E-state index in [0.717, 1.165) is 31.0 Å². The van der Waals surface area contributed by atoms with Gasteiger partial charge in [0, 0.05) is 18.9 Å². The molecule has 2 aromatic rings. The molecular weight excluding hydrogens is 236 g/mol. The van der Waals surface area contributed by atoms with Gasteiger partial charge in [-0.25, -0.2) is 4.98 Å². The molecule has 1 fully saturated rings. The molecule has 1 saturated heterocycles. The normalized spacial score (nSPS) is 19.5. The standard InChI is InChI=1S/C16H20N2O/c1-2-6-13(7-3-1)10-15-12-19-16(18-15)11-14-8-4-5-9-17-14/h1-3,6-7,12,14,17H,4-5,8-11H2. The van der Waals surface area contributed by atoms with Crippen LogP contribution in [0.2, 0.25) is 0 Å². The summed E-state index contributed by atoms with van der Waals surface area (Å²) in [5.74, 6) is 0.866. The van der Waals surface area contributed by atoms with Crippen LogP contribution < -0.4 is 5.32 Å². The van der Waals surface area contributed by atoms with Crippen molar-refractivity contribution >= 4 is 0 Å². The third kappa shape index (κ3) is 3.44. The summed E-state index contributed by atoms with van der Waals surface area (Å²) in [6.07, 6.45) is 7.40. The first-order valence-corrected chi connectivity index (χ1v) is 7.11. The van der Waals surface area contributed by atoms with Crippen LogP contribution in [0, 0.1) is 0 Å². The first-order chi connectivity index (χ1) is 9.40. The zero-order valence-corrected chi connectivity index (χ0v) is 11.1. The maximum Gasteiger partial charge on any atom is 0.195 e. The van der Waals surface area contributed by atoms with Crippen molar-refractivity contribution < 1.29 is 4.42 Å². The van der Waals surface area contributed by atoms with E-state index in [-0.39, 0.29) is 0 Å². The Morgan fingerprint density at radius 1 is 1.21 bits per heavy atom. The van der Waals surface area contributed by atoms with Crippen molar-refractivity contribution in [1.82, 2.24) is 10.3 Å². The third-order valence-corrected chi connectivity index (χ3v) is 3.66. The van der Waals surface area contributed by atoms with E-state index in [1.165, 1.54) is 24.8 Å². The van der Waals surface area contributed by atoms with Gasteiger partial charge in [0.2, 0.25) is 0 Å². The fraction of sp³-hybridized carbons (Fsp3) is 0.438. The predicted octanol–water partition coefficient (Wildman–Crippen LogP) is 2.95. The van der Waals surface area contributed by atoms with E-state index < -0.39 is 0 Å². The highest BCUT2D eigenvalue weighted by molar-refractivity contribution is 5.20. The van der Waals surface area contributed by atoms with Gasteiger partial charge in [-0.05, 0) is 24.9 Å². The summed E-state index contributed by atoms with van der Waals surface area (Å²) in [5, 5.41) is 3.53. The minimum absolute atomic E-state index is 0.539. The van der Waals surface area contributed by atoms with Gasteiger partial charge in [-0.2, -0.15) is 0 Å². The molecule has 1 aliphatic rings. The molecule has 19 heavy (non-hydrogen) atoms. The molecule has 0 spiro atoms. The lowest BCUT2D eigenvalue weighted by molar-refractivity contribution is 0.367. The lowest BCUT2D eigenvalue weighted by Gasteiger charge is -2.21. The van der Waals surface area contributed by atoms with Gasteiger partial charge >= 0.3 is 0 Å². The van der Waals surface area contributed by atoms with E-state index in [1.807, 2.05) is 6.07 Å². The highest BCUT2D eigenvalue weighted by Gasteiger charge is 2.15. The van der Waals surface area contributed by atoms with Crippen molar-refractivity contribution in [1.29, 1.82) is 0 Å². The van der Waals surface area contributed by atoms with E-state index in [1.54, 1.807) is 6.26 Å². The van der Waals surface area contributed by atoms with Gasteiger partial charge in [-0.15, -0.1) is 0 Å². The number of piperidine rings is 1. The quantitative estimate of drug-likeness (QED) is 0.914. The average Bonchev–Trinajstić information content (AvgIpc) is 2.88. The molecule has 0 amide bonds. The van der Waals surface area contributed by atoms with E-state index in [0.29, 0.717) is 6.04 Å². The van der Waals surface area contributed by atoms with Gasteiger partial charge in [-0.1, -0.05) is 36.8 Å². The van der Waals surface area contributed by atoms with Crippen LogP contribution in [0.5, 0.6) is 0 Å². The Hall–Kier alpha value is -1.61. The molecule has 1 atom stereocenters. The fourth-order valence-corrected chi connectivity index (χ4v) is 2.64. The Bertz CT molecular complexity index is 500. The second-order valence-electron chi connectivity index (χ2n) is 5.25. The van der Waals surface area contributed by atoms with Crippen molar-refractivity contribution in [2.24, 2.45) is 0 Å². The lowest BCUT2D eigenvalue weighted by atomic mass is 10.0. The van der Waals surface area contributed by atoms with E-state index >= 15 is 0 Å². The Labute approximate surface area is 114 Å². The first-order valence-electron chi connectivity index (χ1n) is 7.11. The number of benzene rings is 1. The molecule has 1 aromatic carbocycles. The number of nitrogens with zero attached hydrogens (tertiary/aromatic N) is 1. The molecule has 0 aliphatic carbocycles. The molecular formula is C16H20N2O. The molecule has 1 unspecified atom stereocenters. The van der Waals surface area contributed by atoms with Crippen LogP contribution in [0.25, 0.3) is 0 Å². The van der Waals surface area contributed by atoms with E-state index in [2.05, 4.69) is 34.6 Å². The summed E-state index contributed by atoms with van der Waals surface area (Å²) in [7, 11) is 0. The Kier molecular flexibility index (Phi) is 3.94. The monoisotopic (exact) mass is 256 g/mol. The molecule has 0 saturated carbocycles. The van der Waals surface area contributed by atoms with Crippen molar-refractivity contribution in [3.05, 3.63) is 53.7 Å². The van der Waals surface area contributed by atoms with Gasteiger partial charge in [0.1, 0.15) is 6.26 Å². The van der Waals surface area contributed by atoms with Gasteiger partial charge in [0.15, 0.2) is 5.89 Å². The molecule has 2 heterocycles. The zero-order valence-electron chi connectivity index (χ0n) is 11.1. The Morgan fingerprint density at radius 2 is 2.11 bits per heavy atom. The zero-order chi connectivity index (χ0) is 12.9. The molecule has 3 nitrogen and oxygen atoms in total. The predicted molar refractivity (Wildman–Crippen MR) is 75.1 cm³/mol. The van der Waals surface area contributed by atoms with Crippen LogP contribution in [0.15, 0.2) is 41.0 Å². The Balaban J connectivity index is 1.59. The van der Waals surface area contributed by atoms with Gasteiger partial charge in [0.25, 0.3) is 0 Å². The number of aromatic nitrogens is 1. The van der Waals surface area contributed by atoms with Crippen LogP contribution in [0.1, 0.15) is 36.4 Å². The average molecular weight is 256 g/mol. The topological polar surface area (TPSA) is 38.1 Å². The minimum atomic E-state index is 0.539. The molecule has 1 aromatic heterocycles. The second kappa shape index (κ2) is 6.02. The molecule has 1 aliphatic heterocycles. The first kappa shape index (κ1) is 12.4. The van der Waals surface area contributed by atoms with Crippen molar-refractivity contribution in [2.75, 3.05) is 6.54 Å². The van der Waals surface area contributed by atoms with Crippen molar-refractivity contribution in [2.45, 2.75) is 38.1 Å². The number of hydrogen-bond acceptors (Lipinski definition) is 3. The Morgan fingerprint density at radius 3 is 2.89 bits per heavy atom. The SMILES string of the molecule is c1ccc(Cc2coc(CC3CCCCN3)n2)cc1. The second-order valence-corrected chi connectivity index (χ2v) is 5.25.